The number of nitrogens with zero attached hydrogens (tertiary/aromatic N) is 3. The molecular weight excluding hydrogens is 246 g/mol. The van der Waals surface area contributed by atoms with Gasteiger partial charge in [0.1, 0.15) is 29.7 Å². The molecule has 104 valence electrons. The Labute approximate surface area is 111 Å². The number of hydrogen-bond donors (Lipinski definition) is 3. The molecule has 0 bridgehead atoms. The van der Waals surface area contributed by atoms with Crippen molar-refractivity contribution >= 4 is 11.7 Å². The fourth-order valence-corrected chi connectivity index (χ4v) is 2.68. The average molecular weight is 265 g/mol. The summed E-state index contributed by atoms with van der Waals surface area (Å²) in [5.41, 5.74) is 6.68. The molecule has 2 aliphatic rings. The number of imidazole rings is 1. The number of aromatic nitrogens is 2. The van der Waals surface area contributed by atoms with Crippen molar-refractivity contribution in [1.29, 1.82) is 0 Å². The number of aliphatic hydroxyl groups excluding tert-OH is 1. The lowest BCUT2D eigenvalue weighted by molar-refractivity contribution is -0.0284. The van der Waals surface area contributed by atoms with Gasteiger partial charge in [-0.2, -0.15) is 0 Å². The fourth-order valence-electron chi connectivity index (χ4n) is 2.68. The van der Waals surface area contributed by atoms with Crippen LogP contribution in [-0.2, 0) is 4.74 Å². The molecule has 1 aromatic heterocycles. The molecule has 4 atom stereocenters. The number of nitrogens with one attached hydrogen (secondary N) is 1. The van der Waals surface area contributed by atoms with Gasteiger partial charge < -0.3 is 20.9 Å². The van der Waals surface area contributed by atoms with Crippen LogP contribution >= 0.6 is 0 Å². The number of hydrogen-bond acceptors (Lipinski definition) is 6. The molecule has 0 amide bonds. The van der Waals surface area contributed by atoms with Crippen molar-refractivity contribution in [2.24, 2.45) is 16.6 Å². The fraction of sp³-hybridized carbons (Fsp3) is 0.667. The molecule has 3 rings (SSSR count). The normalized spacial score (nSPS) is 33.8. The van der Waals surface area contributed by atoms with Crippen LogP contribution in [0.15, 0.2) is 11.3 Å². The summed E-state index contributed by atoms with van der Waals surface area (Å²) < 4.78 is 7.80. The van der Waals surface area contributed by atoms with E-state index in [1.807, 2.05) is 11.5 Å². The summed E-state index contributed by atoms with van der Waals surface area (Å²) in [7, 11) is 0. The van der Waals surface area contributed by atoms with Crippen LogP contribution in [0.3, 0.4) is 0 Å². The van der Waals surface area contributed by atoms with Crippen LogP contribution < -0.4 is 11.1 Å². The Kier molecular flexibility index (Phi) is 3.04. The number of aliphatic hydroxyl groups is 1. The summed E-state index contributed by atoms with van der Waals surface area (Å²) in [5.74, 6) is 1.93. The number of fused-ring (bicyclic) bond motifs is 1. The third-order valence-electron chi connectivity index (χ3n) is 3.76. The van der Waals surface area contributed by atoms with Gasteiger partial charge in [0.25, 0.3) is 0 Å². The highest BCUT2D eigenvalue weighted by atomic mass is 16.5. The molecule has 7 nitrogen and oxygen atoms in total. The molecule has 0 spiro atoms. The van der Waals surface area contributed by atoms with Crippen molar-refractivity contribution in [1.82, 2.24) is 9.55 Å². The van der Waals surface area contributed by atoms with Crippen LogP contribution in [0, 0.1) is 5.92 Å². The number of aliphatic imine (C=N–C) groups is 1. The van der Waals surface area contributed by atoms with E-state index in [4.69, 9.17) is 10.5 Å². The van der Waals surface area contributed by atoms with Gasteiger partial charge in [-0.15, -0.1) is 0 Å². The van der Waals surface area contributed by atoms with Gasteiger partial charge in [0.15, 0.2) is 0 Å². The highest BCUT2D eigenvalue weighted by Gasteiger charge is 2.35. The lowest BCUT2D eigenvalue weighted by Gasteiger charge is -2.21. The van der Waals surface area contributed by atoms with Gasteiger partial charge in [0.2, 0.25) is 0 Å². The maximum Gasteiger partial charge on any atom is 0.145 e. The smallest absolute Gasteiger partial charge is 0.145 e. The van der Waals surface area contributed by atoms with E-state index in [-0.39, 0.29) is 18.9 Å². The molecule has 1 saturated heterocycles. The zero-order valence-corrected chi connectivity index (χ0v) is 11.1. The quantitative estimate of drug-likeness (QED) is 0.727. The minimum absolute atomic E-state index is 0.0436. The molecule has 3 unspecified atom stereocenters. The topological polar surface area (TPSA) is 97.7 Å². The van der Waals surface area contributed by atoms with Gasteiger partial charge in [0, 0.05) is 0 Å². The van der Waals surface area contributed by atoms with Gasteiger partial charge in [-0.3, -0.25) is 4.57 Å². The van der Waals surface area contributed by atoms with Gasteiger partial charge in [-0.25, -0.2) is 9.98 Å². The van der Waals surface area contributed by atoms with Crippen molar-refractivity contribution in [2.75, 3.05) is 11.9 Å². The summed E-state index contributed by atoms with van der Waals surface area (Å²) in [6.45, 7) is 3.99. The van der Waals surface area contributed by atoms with Crippen molar-refractivity contribution in [3.05, 3.63) is 12.0 Å². The third kappa shape index (κ3) is 2.03. The lowest BCUT2D eigenvalue weighted by atomic mass is 10.0. The Hall–Kier alpha value is -1.44. The molecule has 0 aliphatic carbocycles. The van der Waals surface area contributed by atoms with Crippen LogP contribution in [0.5, 0.6) is 0 Å². The molecular formula is C12H19N5O2. The van der Waals surface area contributed by atoms with E-state index >= 15 is 0 Å². The molecule has 0 radical (unpaired) electrons. The summed E-state index contributed by atoms with van der Waals surface area (Å²) in [6, 6.07) is 0. The Morgan fingerprint density at radius 3 is 3.11 bits per heavy atom. The molecule has 7 heteroatoms. The number of ether oxygens (including phenoxy) is 1. The Bertz CT molecular complexity index is 512. The maximum atomic E-state index is 9.27. The van der Waals surface area contributed by atoms with Crippen molar-refractivity contribution < 1.29 is 9.84 Å². The second-order valence-corrected chi connectivity index (χ2v) is 5.19. The maximum absolute atomic E-state index is 9.27. The minimum Gasteiger partial charge on any atom is -0.394 e. The largest absolute Gasteiger partial charge is 0.394 e. The summed E-state index contributed by atoms with van der Waals surface area (Å²) in [4.78, 5) is 8.56. The van der Waals surface area contributed by atoms with Crippen molar-refractivity contribution in [2.45, 2.75) is 38.8 Å². The molecule has 1 aromatic rings. The van der Waals surface area contributed by atoms with Crippen LogP contribution in [0.1, 0.15) is 38.4 Å². The number of nitrogens with two attached hydrogens (primary N) is 1. The first-order chi connectivity index (χ1) is 9.10. The molecule has 19 heavy (non-hydrogen) atoms. The van der Waals surface area contributed by atoms with Gasteiger partial charge in [0.05, 0.1) is 19.0 Å². The van der Waals surface area contributed by atoms with Gasteiger partial charge in [-0.1, -0.05) is 6.92 Å². The van der Waals surface area contributed by atoms with Crippen LogP contribution in [0.4, 0.5) is 5.82 Å². The summed E-state index contributed by atoms with van der Waals surface area (Å²) >= 11 is 0. The average Bonchev–Trinajstić information content (AvgIpc) is 2.92. The van der Waals surface area contributed by atoms with Crippen LogP contribution in [-0.4, -0.2) is 33.2 Å². The Balaban J connectivity index is 1.89. The lowest BCUT2D eigenvalue weighted by Crippen LogP contribution is -2.24. The Morgan fingerprint density at radius 2 is 2.42 bits per heavy atom. The zero-order valence-electron chi connectivity index (χ0n) is 11.1. The summed E-state index contributed by atoms with van der Waals surface area (Å²) in [5, 5.41) is 12.5. The number of amidine groups is 1. The van der Waals surface area contributed by atoms with Crippen LogP contribution in [0.2, 0.25) is 0 Å². The van der Waals surface area contributed by atoms with E-state index in [0.717, 1.165) is 23.8 Å². The van der Waals surface area contributed by atoms with E-state index < -0.39 is 6.17 Å². The van der Waals surface area contributed by atoms with Gasteiger partial charge >= 0.3 is 0 Å². The van der Waals surface area contributed by atoms with Crippen molar-refractivity contribution in [3.63, 3.8) is 0 Å². The Morgan fingerprint density at radius 1 is 1.63 bits per heavy atom. The zero-order chi connectivity index (χ0) is 13.6. The van der Waals surface area contributed by atoms with E-state index in [0.29, 0.717) is 5.92 Å². The third-order valence-corrected chi connectivity index (χ3v) is 3.76. The first-order valence-electron chi connectivity index (χ1n) is 6.50. The molecule has 0 aromatic carbocycles. The highest BCUT2D eigenvalue weighted by molar-refractivity contribution is 5.95. The van der Waals surface area contributed by atoms with E-state index in [9.17, 15) is 5.11 Å². The molecule has 0 saturated carbocycles. The van der Waals surface area contributed by atoms with E-state index in [1.165, 1.54) is 0 Å². The summed E-state index contributed by atoms with van der Waals surface area (Å²) in [6.07, 6.45) is 1.92. The highest BCUT2D eigenvalue weighted by Crippen LogP contribution is 2.37. The minimum atomic E-state index is -0.426. The monoisotopic (exact) mass is 265 g/mol. The second-order valence-electron chi connectivity index (χ2n) is 5.19. The SMILES string of the molecule is CC1=NC(N)c2ncn([C@@H]3CC(C)C(CO)O3)c2N1. The predicted molar refractivity (Wildman–Crippen MR) is 70.7 cm³/mol. The first-order valence-corrected chi connectivity index (χ1v) is 6.50. The first kappa shape index (κ1) is 12.6. The predicted octanol–water partition coefficient (Wildman–Crippen LogP) is 0.600. The molecule has 3 heterocycles. The number of anilines is 1. The van der Waals surface area contributed by atoms with Crippen molar-refractivity contribution in [3.8, 4) is 0 Å². The van der Waals surface area contributed by atoms with Gasteiger partial charge in [-0.05, 0) is 19.3 Å². The number of rotatable bonds is 2. The van der Waals surface area contributed by atoms with E-state index in [2.05, 4.69) is 22.2 Å². The molecule has 1 fully saturated rings. The standard InChI is InChI=1S/C12H19N5O2/c1-6-3-9(19-8(6)4-18)17-5-14-10-11(13)15-7(2)16-12(10)17/h5-6,8-9,11,18H,3-4,13H2,1-2H3,(H,15,16)/t6?,8?,9-,11?/m0/s1. The molecule has 2 aliphatic heterocycles. The molecule has 4 N–H and O–H groups in total. The van der Waals surface area contributed by atoms with E-state index in [1.54, 1.807) is 6.33 Å². The second kappa shape index (κ2) is 4.59. The van der Waals surface area contributed by atoms with Crippen LogP contribution in [0.25, 0.3) is 0 Å².